The molecule has 0 aliphatic heterocycles. The van der Waals surface area contributed by atoms with E-state index in [1.807, 2.05) is 18.2 Å². The second-order valence-corrected chi connectivity index (χ2v) is 4.77. The monoisotopic (exact) mass is 250 g/mol. The van der Waals surface area contributed by atoms with E-state index < -0.39 is 5.97 Å². The maximum absolute atomic E-state index is 10.6. The van der Waals surface area contributed by atoms with Gasteiger partial charge in [-0.05, 0) is 45.7 Å². The van der Waals surface area contributed by atoms with Gasteiger partial charge in [0.1, 0.15) is 0 Å². The van der Waals surface area contributed by atoms with E-state index in [-0.39, 0.29) is 6.42 Å². The molecule has 19 heavy (non-hydrogen) atoms. The van der Waals surface area contributed by atoms with Crippen LogP contribution in [0.3, 0.4) is 0 Å². The van der Waals surface area contributed by atoms with E-state index in [0.29, 0.717) is 6.42 Å². The molecule has 0 saturated heterocycles. The first-order valence-corrected chi connectivity index (χ1v) is 6.35. The van der Waals surface area contributed by atoms with Crippen LogP contribution in [-0.4, -0.2) is 11.1 Å². The molecule has 0 aliphatic carbocycles. The van der Waals surface area contributed by atoms with E-state index >= 15 is 0 Å². The molecule has 3 rings (SSSR count). The summed E-state index contributed by atoms with van der Waals surface area (Å²) < 4.78 is 0. The number of aliphatic carboxylic acids is 1. The molecule has 0 spiro atoms. The lowest BCUT2D eigenvalue weighted by Crippen LogP contribution is -1.97. The lowest BCUT2D eigenvalue weighted by atomic mass is 10.00. The second-order valence-electron chi connectivity index (χ2n) is 4.77. The van der Waals surface area contributed by atoms with Crippen molar-refractivity contribution in [3.05, 3.63) is 60.2 Å². The van der Waals surface area contributed by atoms with E-state index in [1.165, 1.54) is 21.5 Å². The van der Waals surface area contributed by atoms with Crippen molar-refractivity contribution in [3.8, 4) is 0 Å². The van der Waals surface area contributed by atoms with Gasteiger partial charge >= 0.3 is 5.97 Å². The molecule has 0 aromatic heterocycles. The third kappa shape index (κ3) is 2.43. The van der Waals surface area contributed by atoms with Crippen molar-refractivity contribution in [2.75, 3.05) is 0 Å². The maximum atomic E-state index is 10.6. The summed E-state index contributed by atoms with van der Waals surface area (Å²) in [6, 6.07) is 18.8. The molecule has 0 fully saturated rings. The summed E-state index contributed by atoms with van der Waals surface area (Å²) >= 11 is 0. The molecule has 0 heterocycles. The first-order valence-electron chi connectivity index (χ1n) is 6.35. The minimum absolute atomic E-state index is 0.180. The van der Waals surface area contributed by atoms with Crippen molar-refractivity contribution >= 4 is 27.5 Å². The van der Waals surface area contributed by atoms with Gasteiger partial charge in [-0.1, -0.05) is 42.5 Å². The number of carbonyl (C=O) groups is 1. The summed E-state index contributed by atoms with van der Waals surface area (Å²) in [6.45, 7) is 0. The van der Waals surface area contributed by atoms with Crippen LogP contribution in [-0.2, 0) is 11.2 Å². The molecule has 0 amide bonds. The third-order valence-corrected chi connectivity index (χ3v) is 3.40. The topological polar surface area (TPSA) is 37.3 Å². The van der Waals surface area contributed by atoms with Crippen LogP contribution in [0.2, 0.25) is 0 Å². The molecule has 0 radical (unpaired) electrons. The summed E-state index contributed by atoms with van der Waals surface area (Å²) in [7, 11) is 0. The summed E-state index contributed by atoms with van der Waals surface area (Å²) in [5.41, 5.74) is 1.07. The average Bonchev–Trinajstić information content (AvgIpc) is 2.42. The van der Waals surface area contributed by atoms with Crippen LogP contribution in [0.15, 0.2) is 54.6 Å². The van der Waals surface area contributed by atoms with Gasteiger partial charge in [-0.25, -0.2) is 0 Å². The number of aryl methyl sites for hydroxylation is 1. The molecule has 0 aliphatic rings. The maximum Gasteiger partial charge on any atom is 0.303 e. The van der Waals surface area contributed by atoms with Crippen molar-refractivity contribution in [1.29, 1.82) is 0 Å². The Morgan fingerprint density at radius 2 is 1.47 bits per heavy atom. The van der Waals surface area contributed by atoms with Crippen LogP contribution < -0.4 is 0 Å². The first kappa shape index (κ1) is 11.7. The van der Waals surface area contributed by atoms with Crippen LogP contribution in [0.1, 0.15) is 12.0 Å². The number of hydrogen-bond acceptors (Lipinski definition) is 1. The van der Waals surface area contributed by atoms with Crippen molar-refractivity contribution in [2.24, 2.45) is 0 Å². The summed E-state index contributed by atoms with van der Waals surface area (Å²) in [6.07, 6.45) is 0.761. The molecule has 0 bridgehead atoms. The van der Waals surface area contributed by atoms with E-state index in [9.17, 15) is 4.79 Å². The average molecular weight is 250 g/mol. The number of hydrogen-bond donors (Lipinski definition) is 1. The number of carboxylic acids is 1. The molecule has 3 aromatic carbocycles. The molecule has 2 heteroatoms. The number of rotatable bonds is 3. The van der Waals surface area contributed by atoms with Gasteiger partial charge in [-0.3, -0.25) is 4.79 Å². The third-order valence-electron chi connectivity index (χ3n) is 3.40. The van der Waals surface area contributed by atoms with Crippen molar-refractivity contribution in [1.82, 2.24) is 0 Å². The zero-order valence-electron chi connectivity index (χ0n) is 10.5. The minimum Gasteiger partial charge on any atom is -0.481 e. The van der Waals surface area contributed by atoms with Gasteiger partial charge in [-0.2, -0.15) is 0 Å². The minimum atomic E-state index is -0.751. The fourth-order valence-electron chi connectivity index (χ4n) is 2.40. The predicted octanol–water partition coefficient (Wildman–Crippen LogP) is 4.01. The Hall–Kier alpha value is -2.35. The highest BCUT2D eigenvalue weighted by Gasteiger charge is 2.02. The fraction of sp³-hybridized carbons (Fsp3) is 0.118. The molecular formula is C17H14O2. The number of carboxylic acid groups (broad SMARTS) is 1. The fourth-order valence-corrected chi connectivity index (χ4v) is 2.40. The van der Waals surface area contributed by atoms with Crippen molar-refractivity contribution in [2.45, 2.75) is 12.8 Å². The Morgan fingerprint density at radius 1 is 0.842 bits per heavy atom. The predicted molar refractivity (Wildman–Crippen MR) is 77.4 cm³/mol. The zero-order chi connectivity index (χ0) is 13.2. The van der Waals surface area contributed by atoms with Crippen LogP contribution in [0.4, 0.5) is 0 Å². The van der Waals surface area contributed by atoms with E-state index in [2.05, 4.69) is 36.4 Å². The number of benzene rings is 3. The Bertz CT molecular complexity index is 759. The van der Waals surface area contributed by atoms with Crippen molar-refractivity contribution < 1.29 is 9.90 Å². The Morgan fingerprint density at radius 3 is 2.16 bits per heavy atom. The van der Waals surface area contributed by atoms with Gasteiger partial charge in [-0.15, -0.1) is 0 Å². The van der Waals surface area contributed by atoms with E-state index in [0.717, 1.165) is 5.56 Å². The largest absolute Gasteiger partial charge is 0.481 e. The van der Waals surface area contributed by atoms with E-state index in [4.69, 9.17) is 5.11 Å². The molecule has 2 nitrogen and oxygen atoms in total. The van der Waals surface area contributed by atoms with Gasteiger partial charge in [0.2, 0.25) is 0 Å². The quantitative estimate of drug-likeness (QED) is 0.713. The number of fused-ring (bicyclic) bond motifs is 2. The highest BCUT2D eigenvalue weighted by molar-refractivity contribution is 5.98. The smallest absolute Gasteiger partial charge is 0.303 e. The SMILES string of the molecule is O=C(O)CCc1ccc2cc3ccccc3cc2c1. The highest BCUT2D eigenvalue weighted by Crippen LogP contribution is 2.24. The van der Waals surface area contributed by atoms with Crippen molar-refractivity contribution in [3.63, 3.8) is 0 Å². The van der Waals surface area contributed by atoms with Gasteiger partial charge in [0.25, 0.3) is 0 Å². The summed E-state index contributed by atoms with van der Waals surface area (Å²) in [5.74, 6) is -0.751. The van der Waals surface area contributed by atoms with Gasteiger partial charge in [0.15, 0.2) is 0 Å². The van der Waals surface area contributed by atoms with E-state index in [1.54, 1.807) is 0 Å². The normalized spacial score (nSPS) is 10.9. The molecule has 1 N–H and O–H groups in total. The zero-order valence-corrected chi connectivity index (χ0v) is 10.5. The van der Waals surface area contributed by atoms with Crippen LogP contribution in [0, 0.1) is 0 Å². The molecule has 94 valence electrons. The van der Waals surface area contributed by atoms with Crippen LogP contribution in [0.5, 0.6) is 0 Å². The standard InChI is InChI=1S/C17H14O2/c18-17(19)8-6-12-5-7-15-10-13-3-1-2-4-14(13)11-16(15)9-12/h1-5,7,9-11H,6,8H2,(H,18,19). The highest BCUT2D eigenvalue weighted by atomic mass is 16.4. The molecule has 0 atom stereocenters. The lowest BCUT2D eigenvalue weighted by molar-refractivity contribution is -0.136. The first-order chi connectivity index (χ1) is 9.22. The molecule has 0 unspecified atom stereocenters. The Labute approximate surface area is 111 Å². The molecular weight excluding hydrogens is 236 g/mol. The summed E-state index contributed by atoms with van der Waals surface area (Å²) in [4.78, 5) is 10.6. The van der Waals surface area contributed by atoms with Crippen LogP contribution >= 0.6 is 0 Å². The van der Waals surface area contributed by atoms with Gasteiger partial charge < -0.3 is 5.11 Å². The molecule has 3 aromatic rings. The van der Waals surface area contributed by atoms with Crippen LogP contribution in [0.25, 0.3) is 21.5 Å². The lowest BCUT2D eigenvalue weighted by Gasteiger charge is -2.05. The van der Waals surface area contributed by atoms with Gasteiger partial charge in [0.05, 0.1) is 0 Å². The molecule has 0 saturated carbocycles. The Kier molecular flexibility index (Phi) is 2.92. The summed E-state index contributed by atoms with van der Waals surface area (Å²) in [5, 5.41) is 13.5. The second kappa shape index (κ2) is 4.73. The van der Waals surface area contributed by atoms with Gasteiger partial charge in [0, 0.05) is 6.42 Å². The Balaban J connectivity index is 2.06.